The van der Waals surface area contributed by atoms with Crippen molar-refractivity contribution in [2.75, 3.05) is 11.4 Å². The molecule has 1 aliphatic rings. The lowest BCUT2D eigenvalue weighted by Crippen LogP contribution is -2.43. The highest BCUT2D eigenvalue weighted by molar-refractivity contribution is 5.85. The predicted octanol–water partition coefficient (Wildman–Crippen LogP) is 3.63. The summed E-state index contributed by atoms with van der Waals surface area (Å²) in [5, 5.41) is 8.92. The molecule has 7 nitrogen and oxygen atoms in total. The van der Waals surface area contributed by atoms with E-state index in [-0.39, 0.29) is 11.9 Å². The zero-order valence-electron chi connectivity index (χ0n) is 15.6. The number of aromatic nitrogens is 3. The minimum absolute atomic E-state index is 0.0680. The fourth-order valence-corrected chi connectivity index (χ4v) is 2.83. The molecule has 0 saturated heterocycles. The zero-order valence-corrected chi connectivity index (χ0v) is 15.6. The van der Waals surface area contributed by atoms with E-state index in [0.29, 0.717) is 30.6 Å². The van der Waals surface area contributed by atoms with Crippen molar-refractivity contribution in [3.63, 3.8) is 0 Å². The molecule has 0 aromatic carbocycles. The summed E-state index contributed by atoms with van der Waals surface area (Å²) in [5.74, 6) is 0.279. The van der Waals surface area contributed by atoms with Crippen LogP contribution in [0.25, 0.3) is 5.69 Å². The number of halogens is 1. The number of ether oxygens (including phenoxy) is 1. The van der Waals surface area contributed by atoms with Crippen LogP contribution >= 0.6 is 0 Å². The Hall–Kier alpha value is -2.95. The third kappa shape index (κ3) is 4.61. The maximum Gasteiger partial charge on any atom is 0.417 e. The van der Waals surface area contributed by atoms with Gasteiger partial charge in [0.15, 0.2) is 0 Å². The first-order chi connectivity index (χ1) is 12.7. The van der Waals surface area contributed by atoms with Crippen molar-refractivity contribution >= 4 is 12.0 Å². The highest BCUT2D eigenvalue weighted by atomic mass is 19.1. The summed E-state index contributed by atoms with van der Waals surface area (Å²) in [4.78, 5) is 22.5. The zero-order chi connectivity index (χ0) is 19.6. The van der Waals surface area contributed by atoms with Crippen LogP contribution in [-0.2, 0) is 4.74 Å². The van der Waals surface area contributed by atoms with E-state index in [9.17, 15) is 9.18 Å². The van der Waals surface area contributed by atoms with Crippen LogP contribution in [0, 0.1) is 17.2 Å². The molecule has 1 aliphatic carbocycles. The summed E-state index contributed by atoms with van der Waals surface area (Å²) in [6.45, 7) is 5.67. The molecule has 2 aromatic rings. The van der Waals surface area contributed by atoms with Crippen molar-refractivity contribution < 1.29 is 13.9 Å². The second-order valence-corrected chi connectivity index (χ2v) is 7.69. The Balaban J connectivity index is 1.80. The molecule has 0 N–H and O–H groups in total. The molecule has 2 aromatic heterocycles. The lowest BCUT2D eigenvalue weighted by Gasteiger charge is -2.34. The van der Waals surface area contributed by atoms with Gasteiger partial charge in [0.2, 0.25) is 5.95 Å². The summed E-state index contributed by atoms with van der Waals surface area (Å²) in [5.41, 5.74) is 0.535. The van der Waals surface area contributed by atoms with Gasteiger partial charge in [-0.3, -0.25) is 0 Å². The summed E-state index contributed by atoms with van der Waals surface area (Å²) in [6.07, 6.45) is 6.04. The molecule has 1 amide bonds. The quantitative estimate of drug-likeness (QED) is 0.819. The second kappa shape index (κ2) is 7.35. The summed E-state index contributed by atoms with van der Waals surface area (Å²) in [7, 11) is 0. The number of nitrogens with zero attached hydrogens (tertiary/aromatic N) is 5. The predicted molar refractivity (Wildman–Crippen MR) is 97.3 cm³/mol. The summed E-state index contributed by atoms with van der Waals surface area (Å²) in [6, 6.07) is 3.75. The monoisotopic (exact) mass is 371 g/mol. The molecule has 0 spiro atoms. The molecule has 8 heteroatoms. The second-order valence-electron chi connectivity index (χ2n) is 7.69. The fraction of sp³-hybridized carbons (Fsp3) is 0.474. The Bertz CT molecular complexity index is 844. The van der Waals surface area contributed by atoms with Crippen LogP contribution in [0.15, 0.2) is 30.9 Å². The number of alkyl halides is 1. The van der Waals surface area contributed by atoms with Crippen LogP contribution in [-0.4, -0.2) is 38.9 Å². The number of anilines is 1. The number of carbonyl (C=O) groups is 1. The third-order valence-electron chi connectivity index (χ3n) is 4.22. The van der Waals surface area contributed by atoms with Gasteiger partial charge in [0.05, 0.1) is 23.6 Å². The number of rotatable bonds is 4. The topological polar surface area (TPSA) is 84.0 Å². The maximum absolute atomic E-state index is 13.2. The van der Waals surface area contributed by atoms with Crippen molar-refractivity contribution in [1.82, 2.24) is 14.5 Å². The maximum atomic E-state index is 13.2. The van der Waals surface area contributed by atoms with Gasteiger partial charge >= 0.3 is 6.09 Å². The average molecular weight is 371 g/mol. The van der Waals surface area contributed by atoms with Gasteiger partial charge in [-0.1, -0.05) is 0 Å². The molecule has 2 heterocycles. The molecule has 27 heavy (non-hydrogen) atoms. The van der Waals surface area contributed by atoms with Gasteiger partial charge in [0.25, 0.3) is 0 Å². The van der Waals surface area contributed by atoms with Crippen molar-refractivity contribution in [3.05, 3.63) is 36.4 Å². The Morgan fingerprint density at radius 1 is 1.41 bits per heavy atom. The Labute approximate surface area is 157 Å². The van der Waals surface area contributed by atoms with E-state index in [4.69, 9.17) is 10.00 Å². The standard InChI is InChI=1S/C19H22FN5O2/c1-19(2,3)27-18(26)25(12-14-6-15(20)7-14)17-22-9-16(10-23-17)24-5-4-13(8-21)11-24/h4-5,9-11,14-15H,6-7,12H2,1-3H3. The van der Waals surface area contributed by atoms with E-state index in [1.807, 2.05) is 0 Å². The highest BCUT2D eigenvalue weighted by Gasteiger charge is 2.34. The van der Waals surface area contributed by atoms with E-state index >= 15 is 0 Å². The Morgan fingerprint density at radius 3 is 2.59 bits per heavy atom. The molecule has 0 unspecified atom stereocenters. The smallest absolute Gasteiger partial charge is 0.417 e. The Morgan fingerprint density at radius 2 is 2.07 bits per heavy atom. The van der Waals surface area contributed by atoms with Gasteiger partial charge in [0, 0.05) is 18.9 Å². The number of carbonyl (C=O) groups excluding carboxylic acids is 1. The fourth-order valence-electron chi connectivity index (χ4n) is 2.83. The normalized spacial score (nSPS) is 19.1. The molecule has 1 fully saturated rings. The van der Waals surface area contributed by atoms with Gasteiger partial charge in [-0.15, -0.1) is 0 Å². The lowest BCUT2D eigenvalue weighted by atomic mass is 9.83. The molecular formula is C19H22FN5O2. The van der Waals surface area contributed by atoms with Gasteiger partial charge in [-0.05, 0) is 45.6 Å². The van der Waals surface area contributed by atoms with Crippen LogP contribution < -0.4 is 4.90 Å². The lowest BCUT2D eigenvalue weighted by molar-refractivity contribution is 0.0547. The molecule has 0 atom stereocenters. The first-order valence-electron chi connectivity index (χ1n) is 8.80. The molecular weight excluding hydrogens is 349 g/mol. The van der Waals surface area contributed by atoms with Gasteiger partial charge in [-0.25, -0.2) is 24.1 Å². The molecule has 0 bridgehead atoms. The molecule has 1 saturated carbocycles. The van der Waals surface area contributed by atoms with Gasteiger partial charge in [0.1, 0.15) is 17.8 Å². The van der Waals surface area contributed by atoms with Crippen LogP contribution in [0.4, 0.5) is 15.1 Å². The molecule has 3 rings (SSSR count). The van der Waals surface area contributed by atoms with E-state index in [1.54, 1.807) is 56.2 Å². The number of nitriles is 1. The summed E-state index contributed by atoms with van der Waals surface area (Å²) < 4.78 is 20.4. The molecule has 0 radical (unpaired) electrons. The highest BCUT2D eigenvalue weighted by Crippen LogP contribution is 2.32. The average Bonchev–Trinajstić information content (AvgIpc) is 3.05. The van der Waals surface area contributed by atoms with Crippen LogP contribution in [0.2, 0.25) is 0 Å². The number of hydrogen-bond acceptors (Lipinski definition) is 5. The van der Waals surface area contributed by atoms with Crippen molar-refractivity contribution in [2.45, 2.75) is 45.4 Å². The van der Waals surface area contributed by atoms with Crippen molar-refractivity contribution in [1.29, 1.82) is 5.26 Å². The van der Waals surface area contributed by atoms with Crippen molar-refractivity contribution in [2.24, 2.45) is 5.92 Å². The van der Waals surface area contributed by atoms with E-state index in [1.165, 1.54) is 4.90 Å². The minimum Gasteiger partial charge on any atom is -0.443 e. The molecule has 0 aliphatic heterocycles. The summed E-state index contributed by atoms with van der Waals surface area (Å²) >= 11 is 0. The van der Waals surface area contributed by atoms with Gasteiger partial charge < -0.3 is 9.30 Å². The van der Waals surface area contributed by atoms with Crippen molar-refractivity contribution in [3.8, 4) is 11.8 Å². The van der Waals surface area contributed by atoms with E-state index < -0.39 is 17.9 Å². The number of hydrogen-bond donors (Lipinski definition) is 0. The van der Waals surface area contributed by atoms with E-state index in [2.05, 4.69) is 16.0 Å². The van der Waals surface area contributed by atoms with Crippen LogP contribution in [0.5, 0.6) is 0 Å². The Kier molecular flexibility index (Phi) is 5.13. The SMILES string of the molecule is CC(C)(C)OC(=O)N(CC1CC(F)C1)c1ncc(-n2ccc(C#N)c2)cn1. The first kappa shape index (κ1) is 18.8. The van der Waals surface area contributed by atoms with Crippen LogP contribution in [0.3, 0.4) is 0 Å². The number of amides is 1. The minimum atomic E-state index is -0.804. The largest absolute Gasteiger partial charge is 0.443 e. The molecule has 142 valence electrons. The first-order valence-corrected chi connectivity index (χ1v) is 8.80. The third-order valence-corrected chi connectivity index (χ3v) is 4.22. The van der Waals surface area contributed by atoms with E-state index in [0.717, 1.165) is 0 Å². The van der Waals surface area contributed by atoms with Crippen LogP contribution in [0.1, 0.15) is 39.2 Å². The van der Waals surface area contributed by atoms with Gasteiger partial charge in [-0.2, -0.15) is 5.26 Å².